The Balaban J connectivity index is 0.000000428. The molecular weight excluding hydrogens is 268 g/mol. The van der Waals surface area contributed by atoms with Gasteiger partial charge in [0.1, 0.15) is 18.8 Å². The number of aliphatic hydroxyl groups excluding tert-OH is 2. The minimum Gasteiger partial charge on any atom is -0.464 e. The number of rotatable bonds is 7. The fourth-order valence-corrected chi connectivity index (χ4v) is 1.28. The maximum Gasteiger partial charge on any atom is 0.508 e. The van der Waals surface area contributed by atoms with Gasteiger partial charge in [-0.1, -0.05) is 6.42 Å². The van der Waals surface area contributed by atoms with E-state index in [1.807, 2.05) is 0 Å². The second kappa shape index (κ2) is 11.5. The zero-order valence-electron chi connectivity index (χ0n) is 12.0. The highest BCUT2D eigenvalue weighted by Gasteiger charge is 2.19. The summed E-state index contributed by atoms with van der Waals surface area (Å²) in [6.07, 6.45) is 1.84. The minimum absolute atomic E-state index is 0.0486. The van der Waals surface area contributed by atoms with E-state index in [9.17, 15) is 9.59 Å². The zero-order chi connectivity index (χ0) is 15.4. The van der Waals surface area contributed by atoms with Crippen molar-refractivity contribution in [2.24, 2.45) is 0 Å². The van der Waals surface area contributed by atoms with Gasteiger partial charge in [0.05, 0.1) is 6.61 Å². The molecule has 7 nitrogen and oxygen atoms in total. The number of unbranched alkanes of at least 4 members (excludes halogenated alkanes) is 3. The molecule has 0 aromatic carbocycles. The summed E-state index contributed by atoms with van der Waals surface area (Å²) in [5.74, 6) is -0.567. The van der Waals surface area contributed by atoms with Crippen molar-refractivity contribution in [2.45, 2.75) is 51.7 Å². The second-order valence-corrected chi connectivity index (χ2v) is 4.47. The van der Waals surface area contributed by atoms with Crippen molar-refractivity contribution in [1.82, 2.24) is 0 Å². The molecule has 20 heavy (non-hydrogen) atoms. The first kappa shape index (κ1) is 18.7. The topological polar surface area (TPSA) is 102 Å². The zero-order valence-corrected chi connectivity index (χ0v) is 12.0. The van der Waals surface area contributed by atoms with E-state index in [1.165, 1.54) is 6.92 Å². The summed E-state index contributed by atoms with van der Waals surface area (Å²) in [4.78, 5) is 20.7. The Morgan fingerprint density at radius 2 is 2.05 bits per heavy atom. The Labute approximate surface area is 118 Å². The predicted octanol–water partition coefficient (Wildman–Crippen LogP) is 1.00. The van der Waals surface area contributed by atoms with Gasteiger partial charge in [0, 0.05) is 6.61 Å². The van der Waals surface area contributed by atoms with Crippen LogP contribution in [0.3, 0.4) is 0 Å². The molecule has 2 unspecified atom stereocenters. The largest absolute Gasteiger partial charge is 0.508 e. The standard InChI is InChI=1S/C9H18O4.C4H6O3/c1-8(11)9(12)13-7-5-3-2-4-6-10;1-3-2-6-4(5)7-3/h8,10-11H,2-7H2,1H3;3H,2H2,1H3. The molecule has 0 radical (unpaired) electrons. The van der Waals surface area contributed by atoms with Gasteiger partial charge in [-0.3, -0.25) is 0 Å². The van der Waals surface area contributed by atoms with Crippen LogP contribution in [-0.2, 0) is 19.0 Å². The smallest absolute Gasteiger partial charge is 0.464 e. The van der Waals surface area contributed by atoms with Crippen LogP contribution in [0.1, 0.15) is 39.5 Å². The Morgan fingerprint density at radius 3 is 2.45 bits per heavy atom. The Bertz CT molecular complexity index is 278. The van der Waals surface area contributed by atoms with E-state index in [4.69, 9.17) is 14.9 Å². The van der Waals surface area contributed by atoms with Crippen LogP contribution in [0.5, 0.6) is 0 Å². The van der Waals surface area contributed by atoms with Crippen molar-refractivity contribution in [3.05, 3.63) is 0 Å². The molecule has 0 aliphatic carbocycles. The van der Waals surface area contributed by atoms with Crippen molar-refractivity contribution < 1.29 is 34.0 Å². The van der Waals surface area contributed by atoms with E-state index in [-0.39, 0.29) is 12.7 Å². The van der Waals surface area contributed by atoms with Crippen LogP contribution in [0.25, 0.3) is 0 Å². The molecular formula is C13H24O7. The van der Waals surface area contributed by atoms with Crippen molar-refractivity contribution in [3.8, 4) is 0 Å². The fourth-order valence-electron chi connectivity index (χ4n) is 1.28. The van der Waals surface area contributed by atoms with Gasteiger partial charge in [0.15, 0.2) is 0 Å². The van der Waals surface area contributed by atoms with Gasteiger partial charge in [-0.05, 0) is 33.1 Å². The first-order chi connectivity index (χ1) is 9.47. The van der Waals surface area contributed by atoms with Gasteiger partial charge in [0.2, 0.25) is 0 Å². The maximum atomic E-state index is 10.7. The molecule has 1 aliphatic heterocycles. The second-order valence-electron chi connectivity index (χ2n) is 4.47. The number of carbonyl (C=O) groups excluding carboxylic acids is 2. The molecule has 1 aliphatic rings. The van der Waals surface area contributed by atoms with E-state index < -0.39 is 18.2 Å². The minimum atomic E-state index is -1.03. The number of ether oxygens (including phenoxy) is 3. The van der Waals surface area contributed by atoms with Gasteiger partial charge in [-0.25, -0.2) is 9.59 Å². The number of carbonyl (C=O) groups is 2. The maximum absolute atomic E-state index is 10.7. The Kier molecular flexibility index (Phi) is 10.7. The van der Waals surface area contributed by atoms with Crippen LogP contribution >= 0.6 is 0 Å². The third kappa shape index (κ3) is 10.6. The average molecular weight is 292 g/mol. The van der Waals surface area contributed by atoms with Crippen LogP contribution in [0.15, 0.2) is 0 Å². The highest BCUT2D eigenvalue weighted by atomic mass is 16.8. The van der Waals surface area contributed by atoms with Crippen molar-refractivity contribution in [3.63, 3.8) is 0 Å². The van der Waals surface area contributed by atoms with Crippen molar-refractivity contribution >= 4 is 12.1 Å². The number of esters is 1. The Morgan fingerprint density at radius 1 is 1.40 bits per heavy atom. The van der Waals surface area contributed by atoms with Crippen molar-refractivity contribution in [1.29, 1.82) is 0 Å². The molecule has 0 aromatic rings. The van der Waals surface area contributed by atoms with E-state index in [0.717, 1.165) is 25.7 Å². The molecule has 0 bridgehead atoms. The Hall–Kier alpha value is -1.34. The number of hydrogen-bond acceptors (Lipinski definition) is 7. The lowest BCUT2D eigenvalue weighted by Crippen LogP contribution is -2.19. The normalized spacial score (nSPS) is 18.4. The summed E-state index contributed by atoms with van der Waals surface area (Å²) >= 11 is 0. The van der Waals surface area contributed by atoms with Crippen LogP contribution < -0.4 is 0 Å². The van der Waals surface area contributed by atoms with Gasteiger partial charge in [-0.15, -0.1) is 0 Å². The third-order valence-corrected chi connectivity index (χ3v) is 2.37. The van der Waals surface area contributed by atoms with Crippen LogP contribution in [-0.4, -0.2) is 54.4 Å². The molecule has 2 N–H and O–H groups in total. The highest BCUT2D eigenvalue weighted by molar-refractivity contribution is 5.73. The molecule has 0 aromatic heterocycles. The third-order valence-electron chi connectivity index (χ3n) is 2.37. The molecule has 118 valence electrons. The summed E-state index contributed by atoms with van der Waals surface area (Å²) in [7, 11) is 0. The highest BCUT2D eigenvalue weighted by Crippen LogP contribution is 2.03. The number of aliphatic hydroxyl groups is 2. The molecule has 1 saturated heterocycles. The summed E-state index contributed by atoms with van der Waals surface area (Å²) in [5, 5.41) is 17.2. The molecule has 2 atom stereocenters. The number of cyclic esters (lactones) is 2. The first-order valence-corrected chi connectivity index (χ1v) is 6.76. The van der Waals surface area contributed by atoms with Gasteiger partial charge in [0.25, 0.3) is 0 Å². The molecule has 1 rings (SSSR count). The summed E-state index contributed by atoms with van der Waals surface area (Å²) < 4.78 is 13.6. The van der Waals surface area contributed by atoms with E-state index in [1.54, 1.807) is 6.92 Å². The van der Waals surface area contributed by atoms with Gasteiger partial charge in [-0.2, -0.15) is 0 Å². The quantitative estimate of drug-likeness (QED) is 0.533. The van der Waals surface area contributed by atoms with Crippen LogP contribution in [0.2, 0.25) is 0 Å². The van der Waals surface area contributed by atoms with E-state index >= 15 is 0 Å². The molecule has 1 fully saturated rings. The lowest BCUT2D eigenvalue weighted by Gasteiger charge is -2.05. The molecule has 0 saturated carbocycles. The van der Waals surface area contributed by atoms with Gasteiger partial charge >= 0.3 is 12.1 Å². The van der Waals surface area contributed by atoms with Gasteiger partial charge < -0.3 is 24.4 Å². The SMILES string of the molecule is CC(O)C(=O)OCCCCCCO.CC1COC(=O)O1. The molecule has 0 amide bonds. The monoisotopic (exact) mass is 292 g/mol. The molecule has 0 spiro atoms. The van der Waals surface area contributed by atoms with E-state index in [2.05, 4.69) is 9.47 Å². The summed E-state index contributed by atoms with van der Waals surface area (Å²) in [6.45, 7) is 4.14. The number of hydrogen-bond donors (Lipinski definition) is 2. The average Bonchev–Trinajstić information content (AvgIpc) is 2.77. The fraction of sp³-hybridized carbons (Fsp3) is 0.846. The van der Waals surface area contributed by atoms with E-state index in [0.29, 0.717) is 13.2 Å². The predicted molar refractivity (Wildman–Crippen MR) is 70.1 cm³/mol. The van der Waals surface area contributed by atoms with Crippen molar-refractivity contribution in [2.75, 3.05) is 19.8 Å². The summed E-state index contributed by atoms with van der Waals surface area (Å²) in [5.41, 5.74) is 0. The first-order valence-electron chi connectivity index (χ1n) is 6.76. The van der Waals surface area contributed by atoms with Crippen LogP contribution in [0.4, 0.5) is 4.79 Å². The van der Waals surface area contributed by atoms with Crippen LogP contribution in [0, 0.1) is 0 Å². The lowest BCUT2D eigenvalue weighted by atomic mass is 10.2. The summed E-state index contributed by atoms with van der Waals surface area (Å²) in [6, 6.07) is 0. The molecule has 1 heterocycles. The lowest BCUT2D eigenvalue weighted by molar-refractivity contribution is -0.152. The molecule has 7 heteroatoms.